The summed E-state index contributed by atoms with van der Waals surface area (Å²) >= 11 is 0. The summed E-state index contributed by atoms with van der Waals surface area (Å²) in [5, 5.41) is 0. The molecule has 0 unspecified atom stereocenters. The van der Waals surface area contributed by atoms with Crippen molar-refractivity contribution in [3.05, 3.63) is 108 Å². The van der Waals surface area contributed by atoms with Crippen LogP contribution in [0.15, 0.2) is 91.5 Å². The summed E-state index contributed by atoms with van der Waals surface area (Å²) in [4.78, 5) is 4.22. The van der Waals surface area contributed by atoms with Gasteiger partial charge >= 0.3 is 0 Å². The number of imidazole rings is 1. The fourth-order valence-corrected chi connectivity index (χ4v) is 3.63. The van der Waals surface area contributed by atoms with Crippen LogP contribution in [-0.4, -0.2) is 23.8 Å². The Labute approximate surface area is 182 Å². The second-order valence-electron chi connectivity index (χ2n) is 7.17. The molecule has 0 radical (unpaired) electrons. The van der Waals surface area contributed by atoms with Gasteiger partial charge in [-0.3, -0.25) is 0 Å². The number of rotatable bonds is 7. The van der Waals surface area contributed by atoms with Crippen LogP contribution in [-0.2, 0) is 6.54 Å². The molecule has 4 rings (SSSR count). The van der Waals surface area contributed by atoms with Crippen LogP contribution in [0.5, 0.6) is 11.5 Å². The Kier molecular flexibility index (Phi) is 6.03. The van der Waals surface area contributed by atoms with E-state index in [-0.39, 0.29) is 0 Å². The first-order valence-electron chi connectivity index (χ1n) is 10.0. The van der Waals surface area contributed by atoms with Gasteiger partial charge < -0.3 is 19.8 Å². The molecule has 0 aliphatic heterocycles. The molecule has 3 aromatic carbocycles. The van der Waals surface area contributed by atoms with E-state index in [4.69, 9.17) is 15.2 Å². The number of allylic oxidation sites excluding steroid dienone is 1. The molecule has 4 aromatic rings. The van der Waals surface area contributed by atoms with E-state index < -0.39 is 0 Å². The molecule has 0 atom stereocenters. The molecule has 31 heavy (non-hydrogen) atoms. The third-order valence-electron chi connectivity index (χ3n) is 5.19. The summed E-state index contributed by atoms with van der Waals surface area (Å²) in [6, 6.07) is 24.2. The average molecular weight is 412 g/mol. The van der Waals surface area contributed by atoms with Crippen molar-refractivity contribution < 1.29 is 9.47 Å². The first-order valence-corrected chi connectivity index (χ1v) is 10.0. The molecule has 0 bridgehead atoms. The molecule has 0 spiro atoms. The summed E-state index contributed by atoms with van der Waals surface area (Å²) in [5.74, 6) is 1.64. The minimum absolute atomic E-state index is 0.650. The number of hydrogen-bond donors (Lipinski definition) is 1. The second-order valence-corrected chi connectivity index (χ2v) is 7.17. The number of nitrogen functional groups attached to an aromatic ring is 1. The number of nitrogens with zero attached hydrogens (tertiary/aromatic N) is 2. The number of aromatic nitrogens is 2. The lowest BCUT2D eigenvalue weighted by Gasteiger charge is -2.19. The number of benzene rings is 3. The highest BCUT2D eigenvalue weighted by Crippen LogP contribution is 2.35. The van der Waals surface area contributed by atoms with Crippen molar-refractivity contribution in [1.29, 1.82) is 0 Å². The third-order valence-corrected chi connectivity index (χ3v) is 5.19. The predicted octanol–water partition coefficient (Wildman–Crippen LogP) is 5.14. The highest BCUT2D eigenvalue weighted by molar-refractivity contribution is 5.99. The van der Waals surface area contributed by atoms with Crippen LogP contribution in [0, 0.1) is 0 Å². The van der Waals surface area contributed by atoms with Crippen molar-refractivity contribution in [3.63, 3.8) is 0 Å². The fourth-order valence-electron chi connectivity index (χ4n) is 3.63. The maximum absolute atomic E-state index is 6.15. The maximum atomic E-state index is 6.15. The van der Waals surface area contributed by atoms with Gasteiger partial charge in [-0.15, -0.1) is 0 Å². The van der Waals surface area contributed by atoms with Crippen molar-refractivity contribution in [1.82, 2.24) is 9.55 Å². The molecule has 2 N–H and O–H groups in total. The van der Waals surface area contributed by atoms with Crippen molar-refractivity contribution in [2.75, 3.05) is 20.0 Å². The van der Waals surface area contributed by atoms with E-state index in [0.29, 0.717) is 6.54 Å². The average Bonchev–Trinajstić information content (AvgIpc) is 3.33. The highest BCUT2D eigenvalue weighted by atomic mass is 16.5. The SMILES string of the molecule is COc1ccc(C(=C(Cn2ccnc2)c2cccc(N)c2)c2ccc(OC)cc2)cc1. The van der Waals surface area contributed by atoms with Crippen LogP contribution in [0.1, 0.15) is 16.7 Å². The molecule has 1 aromatic heterocycles. The van der Waals surface area contributed by atoms with Gasteiger partial charge in [-0.05, 0) is 64.2 Å². The van der Waals surface area contributed by atoms with Crippen molar-refractivity contribution in [2.45, 2.75) is 6.54 Å². The first-order chi connectivity index (χ1) is 15.2. The zero-order valence-corrected chi connectivity index (χ0v) is 17.7. The summed E-state index contributed by atoms with van der Waals surface area (Å²) in [5.41, 5.74) is 12.4. The predicted molar refractivity (Wildman–Crippen MR) is 125 cm³/mol. The molecule has 0 aliphatic rings. The lowest BCUT2D eigenvalue weighted by atomic mass is 9.89. The van der Waals surface area contributed by atoms with Gasteiger partial charge in [-0.2, -0.15) is 0 Å². The lowest BCUT2D eigenvalue weighted by Crippen LogP contribution is -2.04. The Balaban J connectivity index is 1.97. The molecular weight excluding hydrogens is 386 g/mol. The Hall–Kier alpha value is -3.99. The molecule has 0 fully saturated rings. The molecule has 5 nitrogen and oxygen atoms in total. The van der Waals surface area contributed by atoms with E-state index in [1.54, 1.807) is 20.4 Å². The molecule has 0 aliphatic carbocycles. The Bertz CT molecular complexity index is 1110. The van der Waals surface area contributed by atoms with E-state index in [1.807, 2.05) is 55.0 Å². The topological polar surface area (TPSA) is 62.3 Å². The van der Waals surface area contributed by atoms with Crippen molar-refractivity contribution >= 4 is 16.8 Å². The van der Waals surface area contributed by atoms with Gasteiger partial charge in [0, 0.05) is 24.6 Å². The normalized spacial score (nSPS) is 10.5. The molecule has 1 heterocycles. The Morgan fingerprint density at radius 3 is 1.94 bits per heavy atom. The van der Waals surface area contributed by atoms with Crippen LogP contribution >= 0.6 is 0 Å². The number of ether oxygens (including phenoxy) is 2. The van der Waals surface area contributed by atoms with E-state index in [1.165, 1.54) is 0 Å². The van der Waals surface area contributed by atoms with Gasteiger partial charge in [0.05, 0.1) is 20.5 Å². The molecule has 0 saturated carbocycles. The maximum Gasteiger partial charge on any atom is 0.118 e. The van der Waals surface area contributed by atoms with Crippen LogP contribution in [0.3, 0.4) is 0 Å². The van der Waals surface area contributed by atoms with E-state index in [0.717, 1.165) is 45.0 Å². The van der Waals surface area contributed by atoms with Gasteiger partial charge in [-0.25, -0.2) is 4.98 Å². The Morgan fingerprint density at radius 2 is 1.45 bits per heavy atom. The number of nitrogens with two attached hydrogens (primary N) is 1. The minimum atomic E-state index is 0.650. The third kappa shape index (κ3) is 4.61. The van der Waals surface area contributed by atoms with Gasteiger partial charge in [0.1, 0.15) is 11.5 Å². The van der Waals surface area contributed by atoms with Crippen LogP contribution in [0.4, 0.5) is 5.69 Å². The Morgan fingerprint density at radius 1 is 0.839 bits per heavy atom. The number of hydrogen-bond acceptors (Lipinski definition) is 4. The molecule has 156 valence electrons. The fraction of sp³-hybridized carbons (Fsp3) is 0.115. The smallest absolute Gasteiger partial charge is 0.118 e. The second kappa shape index (κ2) is 9.22. The number of anilines is 1. The minimum Gasteiger partial charge on any atom is -0.497 e. The standard InChI is InChI=1S/C26H25N3O2/c1-30-23-10-6-19(7-11-23)26(20-8-12-24(31-2)13-9-20)25(17-29-15-14-28-18-29)21-4-3-5-22(27)16-21/h3-16,18H,17,27H2,1-2H3. The van der Waals surface area contributed by atoms with Crippen LogP contribution < -0.4 is 15.2 Å². The van der Waals surface area contributed by atoms with Crippen molar-refractivity contribution in [2.24, 2.45) is 0 Å². The van der Waals surface area contributed by atoms with E-state index >= 15 is 0 Å². The summed E-state index contributed by atoms with van der Waals surface area (Å²) in [6.07, 6.45) is 5.58. The summed E-state index contributed by atoms with van der Waals surface area (Å²) in [6.45, 7) is 0.650. The van der Waals surface area contributed by atoms with Gasteiger partial charge in [0.15, 0.2) is 0 Å². The zero-order valence-electron chi connectivity index (χ0n) is 17.7. The van der Waals surface area contributed by atoms with E-state index in [2.05, 4.69) is 39.9 Å². The lowest BCUT2D eigenvalue weighted by molar-refractivity contribution is 0.414. The molecule has 0 saturated heterocycles. The van der Waals surface area contributed by atoms with Gasteiger partial charge in [0.2, 0.25) is 0 Å². The summed E-state index contributed by atoms with van der Waals surface area (Å²) < 4.78 is 12.8. The highest BCUT2D eigenvalue weighted by Gasteiger charge is 2.16. The van der Waals surface area contributed by atoms with Crippen molar-refractivity contribution in [3.8, 4) is 11.5 Å². The molecule has 0 amide bonds. The molecular formula is C26H25N3O2. The van der Waals surface area contributed by atoms with Crippen LogP contribution in [0.25, 0.3) is 11.1 Å². The van der Waals surface area contributed by atoms with Crippen LogP contribution in [0.2, 0.25) is 0 Å². The monoisotopic (exact) mass is 411 g/mol. The largest absolute Gasteiger partial charge is 0.497 e. The van der Waals surface area contributed by atoms with Gasteiger partial charge in [0.25, 0.3) is 0 Å². The first kappa shape index (κ1) is 20.3. The van der Waals surface area contributed by atoms with Gasteiger partial charge in [-0.1, -0.05) is 36.4 Å². The zero-order chi connectivity index (χ0) is 21.6. The molecule has 5 heteroatoms. The van der Waals surface area contributed by atoms with E-state index in [9.17, 15) is 0 Å². The quantitative estimate of drug-likeness (QED) is 0.338. The summed E-state index contributed by atoms with van der Waals surface area (Å²) in [7, 11) is 3.35. The number of methoxy groups -OCH3 is 2.